The lowest BCUT2D eigenvalue weighted by atomic mass is 10.1. The first kappa shape index (κ1) is 11.6. The van der Waals surface area contributed by atoms with Crippen molar-refractivity contribution in [2.24, 2.45) is 5.92 Å². The highest BCUT2D eigenvalue weighted by Crippen LogP contribution is 2.19. The molecule has 1 aromatic carbocycles. The van der Waals surface area contributed by atoms with Gasteiger partial charge in [-0.05, 0) is 12.0 Å². The molecule has 1 aromatic heterocycles. The molecule has 0 saturated carbocycles. The van der Waals surface area contributed by atoms with Crippen LogP contribution in [-0.4, -0.2) is 15.2 Å². The molecule has 0 aliphatic carbocycles. The standard InChI is InChI=1S/C13H16N2O2/c1-9(2)7-12-14-13(17-15-12)8-10-5-3-4-6-11(10)16/h3-6,9,16H,7-8H2,1-2H3. The van der Waals surface area contributed by atoms with Crippen molar-refractivity contribution in [3.63, 3.8) is 0 Å². The van der Waals surface area contributed by atoms with Crippen LogP contribution in [0.2, 0.25) is 0 Å². The molecule has 0 radical (unpaired) electrons. The monoisotopic (exact) mass is 232 g/mol. The fourth-order valence-electron chi connectivity index (χ4n) is 1.63. The number of para-hydroxylation sites is 1. The average Bonchev–Trinajstić information content (AvgIpc) is 2.68. The summed E-state index contributed by atoms with van der Waals surface area (Å²) < 4.78 is 5.15. The van der Waals surface area contributed by atoms with Crippen LogP contribution in [0.25, 0.3) is 0 Å². The van der Waals surface area contributed by atoms with E-state index < -0.39 is 0 Å². The smallest absolute Gasteiger partial charge is 0.231 e. The molecule has 0 aliphatic heterocycles. The van der Waals surface area contributed by atoms with Crippen LogP contribution in [0.3, 0.4) is 0 Å². The van der Waals surface area contributed by atoms with Crippen molar-refractivity contribution >= 4 is 0 Å². The Labute approximate surface area is 100 Å². The second-order valence-electron chi connectivity index (χ2n) is 4.51. The predicted octanol–water partition coefficient (Wildman–Crippen LogP) is 2.56. The lowest BCUT2D eigenvalue weighted by molar-refractivity contribution is 0.375. The van der Waals surface area contributed by atoms with E-state index in [1.54, 1.807) is 12.1 Å². The molecule has 1 N–H and O–H groups in total. The second-order valence-corrected chi connectivity index (χ2v) is 4.51. The Morgan fingerprint density at radius 3 is 2.76 bits per heavy atom. The first-order valence-corrected chi connectivity index (χ1v) is 5.73. The summed E-state index contributed by atoms with van der Waals surface area (Å²) in [4.78, 5) is 4.30. The number of hydrogen-bond donors (Lipinski definition) is 1. The van der Waals surface area contributed by atoms with E-state index in [4.69, 9.17) is 4.52 Å². The van der Waals surface area contributed by atoms with E-state index in [0.717, 1.165) is 17.8 Å². The summed E-state index contributed by atoms with van der Waals surface area (Å²) >= 11 is 0. The topological polar surface area (TPSA) is 59.2 Å². The summed E-state index contributed by atoms with van der Waals surface area (Å²) in [6.07, 6.45) is 1.28. The minimum absolute atomic E-state index is 0.260. The maximum absolute atomic E-state index is 9.63. The molecule has 0 aliphatic rings. The van der Waals surface area contributed by atoms with E-state index in [1.807, 2.05) is 12.1 Å². The number of phenolic OH excluding ortho intramolecular Hbond substituents is 1. The van der Waals surface area contributed by atoms with Crippen LogP contribution in [-0.2, 0) is 12.8 Å². The Kier molecular flexibility index (Phi) is 3.42. The van der Waals surface area contributed by atoms with Gasteiger partial charge >= 0.3 is 0 Å². The maximum Gasteiger partial charge on any atom is 0.231 e. The van der Waals surface area contributed by atoms with Gasteiger partial charge in [0.15, 0.2) is 5.82 Å². The summed E-state index contributed by atoms with van der Waals surface area (Å²) in [5, 5.41) is 13.5. The van der Waals surface area contributed by atoms with E-state index in [0.29, 0.717) is 18.2 Å². The van der Waals surface area contributed by atoms with E-state index in [-0.39, 0.29) is 5.75 Å². The Morgan fingerprint density at radius 2 is 2.06 bits per heavy atom. The normalized spacial score (nSPS) is 11.0. The van der Waals surface area contributed by atoms with Crippen LogP contribution >= 0.6 is 0 Å². The second kappa shape index (κ2) is 4.99. The van der Waals surface area contributed by atoms with Gasteiger partial charge in [0.25, 0.3) is 0 Å². The van der Waals surface area contributed by atoms with Crippen molar-refractivity contribution in [3.8, 4) is 5.75 Å². The molecular weight excluding hydrogens is 216 g/mol. The van der Waals surface area contributed by atoms with E-state index in [1.165, 1.54) is 0 Å². The fraction of sp³-hybridized carbons (Fsp3) is 0.385. The van der Waals surface area contributed by atoms with Gasteiger partial charge in [0.1, 0.15) is 5.75 Å². The van der Waals surface area contributed by atoms with E-state index in [2.05, 4.69) is 24.0 Å². The van der Waals surface area contributed by atoms with Gasteiger partial charge in [-0.2, -0.15) is 4.98 Å². The minimum atomic E-state index is 0.260. The summed E-state index contributed by atoms with van der Waals surface area (Å²) in [7, 11) is 0. The van der Waals surface area contributed by atoms with Crippen molar-refractivity contribution in [3.05, 3.63) is 41.5 Å². The molecule has 0 spiro atoms. The van der Waals surface area contributed by atoms with Crippen molar-refractivity contribution in [2.45, 2.75) is 26.7 Å². The van der Waals surface area contributed by atoms with Gasteiger partial charge in [-0.3, -0.25) is 0 Å². The van der Waals surface area contributed by atoms with Crippen molar-refractivity contribution < 1.29 is 9.63 Å². The number of hydrogen-bond acceptors (Lipinski definition) is 4. The lowest BCUT2D eigenvalue weighted by Crippen LogP contribution is -1.96. The zero-order valence-corrected chi connectivity index (χ0v) is 10.1. The molecule has 90 valence electrons. The molecule has 0 unspecified atom stereocenters. The lowest BCUT2D eigenvalue weighted by Gasteiger charge is -1.99. The summed E-state index contributed by atoms with van der Waals surface area (Å²) in [5.74, 6) is 2.04. The third kappa shape index (κ3) is 3.06. The van der Waals surface area contributed by atoms with Crippen LogP contribution in [0.15, 0.2) is 28.8 Å². The SMILES string of the molecule is CC(C)Cc1noc(Cc2ccccc2O)n1. The molecule has 2 rings (SSSR count). The summed E-state index contributed by atoms with van der Waals surface area (Å²) in [6.45, 7) is 4.22. The molecular formula is C13H16N2O2. The third-order valence-electron chi connectivity index (χ3n) is 2.43. The molecule has 1 heterocycles. The Morgan fingerprint density at radius 1 is 1.29 bits per heavy atom. The molecule has 0 amide bonds. The van der Waals surface area contributed by atoms with Crippen molar-refractivity contribution in [1.29, 1.82) is 0 Å². The van der Waals surface area contributed by atoms with Crippen LogP contribution in [0, 0.1) is 5.92 Å². The number of aromatic nitrogens is 2. The van der Waals surface area contributed by atoms with Gasteiger partial charge in [0.2, 0.25) is 5.89 Å². The first-order chi connectivity index (χ1) is 8.15. The highest BCUT2D eigenvalue weighted by molar-refractivity contribution is 5.33. The van der Waals surface area contributed by atoms with Gasteiger partial charge in [0.05, 0.1) is 6.42 Å². The molecule has 0 saturated heterocycles. The largest absolute Gasteiger partial charge is 0.508 e. The molecule has 0 fully saturated rings. The quantitative estimate of drug-likeness (QED) is 0.880. The van der Waals surface area contributed by atoms with E-state index in [9.17, 15) is 5.11 Å². The van der Waals surface area contributed by atoms with Gasteiger partial charge < -0.3 is 9.63 Å². The Hall–Kier alpha value is -1.84. The first-order valence-electron chi connectivity index (χ1n) is 5.73. The molecule has 4 heteroatoms. The maximum atomic E-state index is 9.63. The van der Waals surface area contributed by atoms with Gasteiger partial charge in [-0.25, -0.2) is 0 Å². The minimum Gasteiger partial charge on any atom is -0.508 e. The number of phenols is 1. The van der Waals surface area contributed by atoms with Crippen LogP contribution in [0.1, 0.15) is 31.1 Å². The molecule has 17 heavy (non-hydrogen) atoms. The van der Waals surface area contributed by atoms with Crippen molar-refractivity contribution in [1.82, 2.24) is 10.1 Å². The summed E-state index contributed by atoms with van der Waals surface area (Å²) in [6, 6.07) is 7.17. The van der Waals surface area contributed by atoms with E-state index >= 15 is 0 Å². The average molecular weight is 232 g/mol. The molecule has 4 nitrogen and oxygen atoms in total. The van der Waals surface area contributed by atoms with Crippen LogP contribution in [0.5, 0.6) is 5.75 Å². The number of nitrogens with zero attached hydrogens (tertiary/aromatic N) is 2. The Balaban J connectivity index is 2.09. The fourth-order valence-corrected chi connectivity index (χ4v) is 1.63. The van der Waals surface area contributed by atoms with Crippen LogP contribution < -0.4 is 0 Å². The van der Waals surface area contributed by atoms with Gasteiger partial charge in [-0.15, -0.1) is 0 Å². The zero-order chi connectivity index (χ0) is 12.3. The highest BCUT2D eigenvalue weighted by Gasteiger charge is 2.10. The highest BCUT2D eigenvalue weighted by atomic mass is 16.5. The van der Waals surface area contributed by atoms with Crippen LogP contribution in [0.4, 0.5) is 0 Å². The number of aromatic hydroxyl groups is 1. The van der Waals surface area contributed by atoms with Gasteiger partial charge in [0, 0.05) is 12.0 Å². The predicted molar refractivity (Wildman–Crippen MR) is 63.8 cm³/mol. The third-order valence-corrected chi connectivity index (χ3v) is 2.43. The molecule has 0 atom stereocenters. The number of benzene rings is 1. The summed E-state index contributed by atoms with van der Waals surface area (Å²) in [5.41, 5.74) is 0.798. The van der Waals surface area contributed by atoms with Gasteiger partial charge in [-0.1, -0.05) is 37.2 Å². The van der Waals surface area contributed by atoms with Crippen molar-refractivity contribution in [2.75, 3.05) is 0 Å². The molecule has 2 aromatic rings. The number of rotatable bonds is 4. The zero-order valence-electron chi connectivity index (χ0n) is 10.1. The molecule has 0 bridgehead atoms. The Bertz CT molecular complexity index is 492.